The van der Waals surface area contributed by atoms with E-state index in [9.17, 15) is 0 Å². The van der Waals surface area contributed by atoms with Gasteiger partial charge in [-0.05, 0) is 45.2 Å². The molecule has 3 nitrogen and oxygen atoms in total. The third kappa shape index (κ3) is 7.97. The Labute approximate surface area is 288 Å². The summed E-state index contributed by atoms with van der Waals surface area (Å²) < 4.78 is 14.4. The number of hydrogen-bond donors (Lipinski definition) is 0. The SMILES string of the molecule is CC(C)(C)c1cc(C2=N[C@H](C(Cc3ccccc3)(Cc3ccccc3)OP(c3ccccc3)c3ccccc3)CO2)cc(C(C)(C)C)c1. The van der Waals surface area contributed by atoms with Gasteiger partial charge in [-0.2, -0.15) is 0 Å². The van der Waals surface area contributed by atoms with Crippen LogP contribution in [0.4, 0.5) is 0 Å². The molecule has 1 atom stereocenters. The van der Waals surface area contributed by atoms with Gasteiger partial charge in [0.05, 0.1) is 8.15 Å². The predicted octanol–water partition coefficient (Wildman–Crippen LogP) is 9.72. The molecule has 4 heteroatoms. The first kappa shape index (κ1) is 33.8. The lowest BCUT2D eigenvalue weighted by Crippen LogP contribution is -2.49. The van der Waals surface area contributed by atoms with Gasteiger partial charge >= 0.3 is 0 Å². The van der Waals surface area contributed by atoms with Gasteiger partial charge in [-0.25, -0.2) is 4.99 Å². The third-order valence-corrected chi connectivity index (χ3v) is 11.2. The molecule has 246 valence electrons. The molecule has 0 amide bonds. The van der Waals surface area contributed by atoms with Gasteiger partial charge in [0.2, 0.25) is 5.90 Å². The minimum Gasteiger partial charge on any atom is -0.475 e. The lowest BCUT2D eigenvalue weighted by atomic mass is 9.79. The summed E-state index contributed by atoms with van der Waals surface area (Å²) in [4.78, 5) is 5.49. The Kier molecular flexibility index (Phi) is 10.0. The van der Waals surface area contributed by atoms with E-state index in [-0.39, 0.29) is 16.9 Å². The Morgan fingerprint density at radius 3 is 1.44 bits per heavy atom. The van der Waals surface area contributed by atoms with Gasteiger partial charge in [0.25, 0.3) is 0 Å². The normalized spacial score (nSPS) is 15.3. The maximum absolute atomic E-state index is 7.72. The summed E-state index contributed by atoms with van der Waals surface area (Å²) in [6.07, 6.45) is 1.39. The molecule has 6 rings (SSSR count). The lowest BCUT2D eigenvalue weighted by molar-refractivity contribution is 0.0484. The Balaban J connectivity index is 1.52. The van der Waals surface area contributed by atoms with Crippen LogP contribution in [0.15, 0.2) is 145 Å². The summed E-state index contributed by atoms with van der Waals surface area (Å²) in [6.45, 7) is 14.1. The fourth-order valence-corrected chi connectivity index (χ4v) is 8.30. The van der Waals surface area contributed by atoms with Crippen LogP contribution in [0.5, 0.6) is 0 Å². The maximum atomic E-state index is 7.72. The van der Waals surface area contributed by atoms with Crippen LogP contribution in [0, 0.1) is 0 Å². The Hall–Kier alpha value is -4.04. The molecule has 0 aromatic heterocycles. The van der Waals surface area contributed by atoms with Crippen LogP contribution in [0.2, 0.25) is 0 Å². The predicted molar refractivity (Wildman–Crippen MR) is 203 cm³/mol. The number of hydrogen-bond acceptors (Lipinski definition) is 3. The van der Waals surface area contributed by atoms with Crippen molar-refractivity contribution in [3.05, 3.63) is 167 Å². The average molecular weight is 654 g/mol. The zero-order valence-corrected chi connectivity index (χ0v) is 30.1. The topological polar surface area (TPSA) is 30.8 Å². The highest BCUT2D eigenvalue weighted by atomic mass is 31.1. The van der Waals surface area contributed by atoms with Gasteiger partial charge < -0.3 is 9.26 Å². The Morgan fingerprint density at radius 1 is 0.604 bits per heavy atom. The molecule has 0 saturated heterocycles. The van der Waals surface area contributed by atoms with E-state index in [1.165, 1.54) is 32.9 Å². The molecule has 0 saturated carbocycles. The second-order valence-corrected chi connectivity index (χ2v) is 16.8. The number of benzene rings is 5. The van der Waals surface area contributed by atoms with Crippen molar-refractivity contribution in [2.45, 2.75) is 76.9 Å². The van der Waals surface area contributed by atoms with Crippen LogP contribution in [0.1, 0.15) is 69.4 Å². The van der Waals surface area contributed by atoms with Gasteiger partial charge in [-0.15, -0.1) is 0 Å². The van der Waals surface area contributed by atoms with E-state index in [4.69, 9.17) is 14.3 Å². The van der Waals surface area contributed by atoms with Gasteiger partial charge in [0, 0.05) is 29.0 Å². The summed E-state index contributed by atoms with van der Waals surface area (Å²) in [7, 11) is -1.18. The molecule has 0 spiro atoms. The van der Waals surface area contributed by atoms with Crippen LogP contribution < -0.4 is 10.6 Å². The molecule has 5 aromatic carbocycles. The minimum absolute atomic E-state index is 0.0106. The summed E-state index contributed by atoms with van der Waals surface area (Å²) in [5.74, 6) is 0.703. The molecule has 0 aliphatic carbocycles. The van der Waals surface area contributed by atoms with Crippen molar-refractivity contribution in [1.82, 2.24) is 0 Å². The van der Waals surface area contributed by atoms with Crippen LogP contribution in [0.3, 0.4) is 0 Å². The Bertz CT molecular complexity index is 1690. The van der Waals surface area contributed by atoms with Crippen molar-refractivity contribution in [1.29, 1.82) is 0 Å². The molecule has 1 aliphatic heterocycles. The van der Waals surface area contributed by atoms with E-state index in [0.29, 0.717) is 25.3 Å². The van der Waals surface area contributed by atoms with Gasteiger partial charge in [0.15, 0.2) is 0 Å². The molecule has 0 bridgehead atoms. The molecule has 1 heterocycles. The highest BCUT2D eigenvalue weighted by Gasteiger charge is 2.46. The standard InChI is InChI=1S/C44H48NO2P/c1-42(2,3)36-27-35(28-37(29-36)43(4,5)6)41-45-40(32-46-41)44(30-33-19-11-7-12-20-33,31-34-21-13-8-14-22-34)47-48(38-23-15-9-16-24-38)39-25-17-10-18-26-39/h7-29,40H,30-32H2,1-6H3/t40-/m0/s1. The van der Waals surface area contributed by atoms with Gasteiger partial charge in [-0.1, -0.05) is 169 Å². The van der Waals surface area contributed by atoms with Crippen molar-refractivity contribution in [3.8, 4) is 0 Å². The Morgan fingerprint density at radius 2 is 1.02 bits per heavy atom. The number of aliphatic imine (C=N–C) groups is 1. The van der Waals surface area contributed by atoms with E-state index >= 15 is 0 Å². The van der Waals surface area contributed by atoms with Crippen molar-refractivity contribution >= 4 is 24.7 Å². The van der Waals surface area contributed by atoms with Crippen molar-refractivity contribution in [2.24, 2.45) is 4.99 Å². The smallest absolute Gasteiger partial charge is 0.216 e. The molecular formula is C44H48NO2P. The van der Waals surface area contributed by atoms with E-state index in [2.05, 4.69) is 181 Å². The summed E-state index contributed by atoms with van der Waals surface area (Å²) in [5.41, 5.74) is 5.33. The summed E-state index contributed by atoms with van der Waals surface area (Å²) in [6, 6.07) is 49.5. The molecule has 0 radical (unpaired) electrons. The van der Waals surface area contributed by atoms with Crippen molar-refractivity contribution in [2.75, 3.05) is 6.61 Å². The fourth-order valence-electron chi connectivity index (χ4n) is 6.29. The molecular weight excluding hydrogens is 605 g/mol. The van der Waals surface area contributed by atoms with Gasteiger partial charge in [-0.3, -0.25) is 0 Å². The average Bonchev–Trinajstić information content (AvgIpc) is 3.59. The van der Waals surface area contributed by atoms with E-state index in [1.54, 1.807) is 0 Å². The minimum atomic E-state index is -1.18. The van der Waals surface area contributed by atoms with Crippen molar-refractivity contribution < 1.29 is 9.26 Å². The van der Waals surface area contributed by atoms with Gasteiger partial charge in [0.1, 0.15) is 18.2 Å². The fraction of sp³-hybridized carbons (Fsp3) is 0.295. The lowest BCUT2D eigenvalue weighted by Gasteiger charge is -2.40. The third-order valence-electron chi connectivity index (χ3n) is 9.12. The number of nitrogens with zero attached hydrogens (tertiary/aromatic N) is 1. The first-order valence-electron chi connectivity index (χ1n) is 17.0. The van der Waals surface area contributed by atoms with Crippen LogP contribution in [-0.4, -0.2) is 24.1 Å². The van der Waals surface area contributed by atoms with E-state index < -0.39 is 13.7 Å². The van der Waals surface area contributed by atoms with Crippen LogP contribution in [-0.2, 0) is 32.9 Å². The highest BCUT2D eigenvalue weighted by molar-refractivity contribution is 7.68. The molecule has 48 heavy (non-hydrogen) atoms. The van der Waals surface area contributed by atoms with E-state index in [1.807, 2.05) is 0 Å². The molecule has 0 fully saturated rings. The van der Waals surface area contributed by atoms with E-state index in [0.717, 1.165) is 5.56 Å². The summed E-state index contributed by atoms with van der Waals surface area (Å²) in [5, 5.41) is 2.36. The highest BCUT2D eigenvalue weighted by Crippen LogP contribution is 2.46. The van der Waals surface area contributed by atoms with Crippen LogP contribution >= 0.6 is 8.15 Å². The first-order chi connectivity index (χ1) is 23.0. The van der Waals surface area contributed by atoms with Crippen molar-refractivity contribution in [3.63, 3.8) is 0 Å². The molecule has 0 N–H and O–H groups in total. The largest absolute Gasteiger partial charge is 0.475 e. The number of ether oxygens (including phenoxy) is 1. The molecule has 5 aromatic rings. The summed E-state index contributed by atoms with van der Waals surface area (Å²) >= 11 is 0. The molecule has 1 aliphatic rings. The quantitative estimate of drug-likeness (QED) is 0.141. The zero-order chi connectivity index (χ0) is 33.8. The zero-order valence-electron chi connectivity index (χ0n) is 29.2. The second-order valence-electron chi connectivity index (χ2n) is 15.0. The second kappa shape index (κ2) is 14.2. The molecule has 0 unspecified atom stereocenters. The maximum Gasteiger partial charge on any atom is 0.216 e. The van der Waals surface area contributed by atoms with Crippen LogP contribution in [0.25, 0.3) is 0 Å². The first-order valence-corrected chi connectivity index (χ1v) is 18.3. The monoisotopic (exact) mass is 653 g/mol. The number of rotatable bonds is 10.